The van der Waals surface area contributed by atoms with Crippen molar-refractivity contribution in [3.05, 3.63) is 58.3 Å². The predicted molar refractivity (Wildman–Crippen MR) is 106 cm³/mol. The maximum absolute atomic E-state index is 12.3. The average molecular weight is 373 g/mol. The summed E-state index contributed by atoms with van der Waals surface area (Å²) in [6, 6.07) is 14.8. The highest BCUT2D eigenvalue weighted by Crippen LogP contribution is 2.27. The molecule has 1 aliphatic rings. The van der Waals surface area contributed by atoms with Crippen LogP contribution in [0.3, 0.4) is 0 Å². The van der Waals surface area contributed by atoms with Gasteiger partial charge < -0.3 is 10.4 Å². The van der Waals surface area contributed by atoms with Crippen LogP contribution >= 0.6 is 11.3 Å². The van der Waals surface area contributed by atoms with Gasteiger partial charge in [-0.2, -0.15) is 0 Å². The zero-order valence-electron chi connectivity index (χ0n) is 15.1. The maximum atomic E-state index is 12.3. The molecule has 0 spiro atoms. The number of piperidine rings is 1. The summed E-state index contributed by atoms with van der Waals surface area (Å²) in [4.78, 5) is 15.7. The molecule has 1 aromatic carbocycles. The van der Waals surface area contributed by atoms with Crippen LogP contribution in [-0.2, 0) is 11.2 Å². The number of amides is 1. The number of carbonyl (C=O) groups is 1. The van der Waals surface area contributed by atoms with E-state index in [1.54, 1.807) is 11.3 Å². The van der Waals surface area contributed by atoms with Crippen LogP contribution in [0.1, 0.15) is 29.2 Å². The Bertz CT molecular complexity index is 652. The molecular weight excluding hydrogens is 344 g/mol. The van der Waals surface area contributed by atoms with Gasteiger partial charge in [-0.05, 0) is 55.3 Å². The van der Waals surface area contributed by atoms with Gasteiger partial charge in [0.05, 0.1) is 6.54 Å². The van der Waals surface area contributed by atoms with Gasteiger partial charge in [-0.25, -0.2) is 0 Å². The van der Waals surface area contributed by atoms with Crippen molar-refractivity contribution >= 4 is 17.2 Å². The number of hydrogen-bond acceptors (Lipinski definition) is 4. The smallest absolute Gasteiger partial charge is 0.234 e. The second-order valence-electron chi connectivity index (χ2n) is 7.10. The molecule has 3 rings (SSSR count). The van der Waals surface area contributed by atoms with Crippen molar-refractivity contribution in [2.24, 2.45) is 5.92 Å². The van der Waals surface area contributed by atoms with Gasteiger partial charge in [-0.1, -0.05) is 36.4 Å². The summed E-state index contributed by atoms with van der Waals surface area (Å²) in [7, 11) is 0. The van der Waals surface area contributed by atoms with Crippen LogP contribution in [0.2, 0.25) is 0 Å². The zero-order chi connectivity index (χ0) is 18.2. The first-order chi connectivity index (χ1) is 12.7. The van der Waals surface area contributed by atoms with Gasteiger partial charge >= 0.3 is 0 Å². The number of rotatable bonds is 8. The second-order valence-corrected chi connectivity index (χ2v) is 8.13. The molecule has 26 heavy (non-hydrogen) atoms. The first-order valence-corrected chi connectivity index (χ1v) is 10.3. The molecule has 1 amide bonds. The molecule has 2 heterocycles. The van der Waals surface area contributed by atoms with Gasteiger partial charge in [0.2, 0.25) is 5.91 Å². The summed E-state index contributed by atoms with van der Waals surface area (Å²) >= 11 is 1.70. The normalized spacial score (nSPS) is 17.1. The summed E-state index contributed by atoms with van der Waals surface area (Å²) in [5.74, 6) is 0.759. The number of hydrogen-bond donors (Lipinski definition) is 2. The monoisotopic (exact) mass is 372 g/mol. The lowest BCUT2D eigenvalue weighted by molar-refractivity contribution is -0.122. The van der Waals surface area contributed by atoms with Gasteiger partial charge in [0.15, 0.2) is 0 Å². The third-order valence-electron chi connectivity index (χ3n) is 5.14. The summed E-state index contributed by atoms with van der Waals surface area (Å²) in [6.45, 7) is 3.02. The Morgan fingerprint density at radius 3 is 2.62 bits per heavy atom. The van der Waals surface area contributed by atoms with Gasteiger partial charge in [0.1, 0.15) is 0 Å². The predicted octanol–water partition coefficient (Wildman–Crippen LogP) is 2.89. The molecule has 1 saturated heterocycles. The Morgan fingerprint density at radius 2 is 1.96 bits per heavy atom. The van der Waals surface area contributed by atoms with Crippen LogP contribution in [-0.4, -0.2) is 48.7 Å². The van der Waals surface area contributed by atoms with E-state index < -0.39 is 0 Å². The highest BCUT2D eigenvalue weighted by Gasteiger charge is 2.22. The number of aliphatic hydroxyl groups excluding tert-OH is 1. The fraction of sp³-hybridized carbons (Fsp3) is 0.476. The van der Waals surface area contributed by atoms with Crippen LogP contribution < -0.4 is 5.32 Å². The second kappa shape index (κ2) is 9.86. The topological polar surface area (TPSA) is 52.6 Å². The molecule has 0 aliphatic carbocycles. The maximum Gasteiger partial charge on any atom is 0.234 e. The molecule has 1 fully saturated rings. The molecule has 0 unspecified atom stereocenters. The van der Waals surface area contributed by atoms with Crippen LogP contribution in [0, 0.1) is 5.92 Å². The van der Waals surface area contributed by atoms with Crippen LogP contribution in [0.25, 0.3) is 0 Å². The Morgan fingerprint density at radius 1 is 1.19 bits per heavy atom. The molecule has 1 atom stereocenters. The highest BCUT2D eigenvalue weighted by atomic mass is 32.1. The molecule has 5 heteroatoms. The lowest BCUT2D eigenvalue weighted by atomic mass is 9.89. The summed E-state index contributed by atoms with van der Waals surface area (Å²) < 4.78 is 0. The quantitative estimate of drug-likeness (QED) is 0.749. The fourth-order valence-electron chi connectivity index (χ4n) is 3.58. The number of thiophene rings is 1. The summed E-state index contributed by atoms with van der Waals surface area (Å²) in [6.07, 6.45) is 3.03. The van der Waals surface area contributed by atoms with E-state index in [0.29, 0.717) is 19.0 Å². The molecule has 0 bridgehead atoms. The Hall–Kier alpha value is -1.69. The number of benzene rings is 1. The lowest BCUT2D eigenvalue weighted by Crippen LogP contribution is -2.42. The van der Waals surface area contributed by atoms with Crippen molar-refractivity contribution < 1.29 is 9.90 Å². The number of nitrogens with one attached hydrogen (secondary N) is 1. The summed E-state index contributed by atoms with van der Waals surface area (Å²) in [5, 5.41) is 14.6. The minimum Gasteiger partial charge on any atom is -0.396 e. The minimum atomic E-state index is 0.0628. The van der Waals surface area contributed by atoms with E-state index in [-0.39, 0.29) is 18.4 Å². The van der Waals surface area contributed by atoms with E-state index in [2.05, 4.69) is 46.6 Å². The fourth-order valence-corrected chi connectivity index (χ4v) is 4.40. The van der Waals surface area contributed by atoms with Crippen molar-refractivity contribution in [2.75, 3.05) is 32.8 Å². The van der Waals surface area contributed by atoms with Gasteiger partial charge in [0.25, 0.3) is 0 Å². The van der Waals surface area contributed by atoms with Crippen LogP contribution in [0.5, 0.6) is 0 Å². The van der Waals surface area contributed by atoms with Gasteiger partial charge in [-0.15, -0.1) is 11.3 Å². The van der Waals surface area contributed by atoms with E-state index >= 15 is 0 Å². The van der Waals surface area contributed by atoms with Gasteiger partial charge in [0, 0.05) is 23.9 Å². The van der Waals surface area contributed by atoms with E-state index in [9.17, 15) is 9.90 Å². The van der Waals surface area contributed by atoms with Crippen molar-refractivity contribution in [3.63, 3.8) is 0 Å². The van der Waals surface area contributed by atoms with Crippen molar-refractivity contribution in [2.45, 2.75) is 25.2 Å². The molecular formula is C21H28N2O2S. The molecule has 0 radical (unpaired) electrons. The SMILES string of the molecule is O=C(CN1CCC(c2ccccc2)CC1)NC[C@H](CO)Cc1cccs1. The first-order valence-electron chi connectivity index (χ1n) is 9.42. The molecule has 2 aromatic rings. The third-order valence-corrected chi connectivity index (χ3v) is 6.04. The molecule has 1 aliphatic heterocycles. The van der Waals surface area contributed by atoms with Crippen LogP contribution in [0.4, 0.5) is 0 Å². The van der Waals surface area contributed by atoms with Gasteiger partial charge in [-0.3, -0.25) is 9.69 Å². The number of nitrogens with zero attached hydrogens (tertiary/aromatic N) is 1. The van der Waals surface area contributed by atoms with Crippen LogP contribution in [0.15, 0.2) is 47.8 Å². The Balaban J connectivity index is 1.37. The standard InChI is InChI=1S/C21H28N2O2S/c24-16-17(13-20-7-4-12-26-20)14-22-21(25)15-23-10-8-19(9-11-23)18-5-2-1-3-6-18/h1-7,12,17,19,24H,8-11,13-16H2,(H,22,25)/t17-/m1/s1. The molecule has 4 nitrogen and oxygen atoms in total. The van der Waals surface area contributed by atoms with E-state index in [4.69, 9.17) is 0 Å². The molecule has 0 saturated carbocycles. The molecule has 140 valence electrons. The Kier molecular flexibility index (Phi) is 7.23. The minimum absolute atomic E-state index is 0.0628. The molecule has 2 N–H and O–H groups in total. The number of aliphatic hydroxyl groups is 1. The molecule has 1 aromatic heterocycles. The number of carbonyl (C=O) groups excluding carboxylic acids is 1. The van der Waals surface area contributed by atoms with Crippen molar-refractivity contribution in [3.8, 4) is 0 Å². The lowest BCUT2D eigenvalue weighted by Gasteiger charge is -2.31. The van der Waals surface area contributed by atoms with E-state index in [1.165, 1.54) is 10.4 Å². The first kappa shape index (κ1) is 19.1. The van der Waals surface area contributed by atoms with Crippen molar-refractivity contribution in [1.29, 1.82) is 0 Å². The zero-order valence-corrected chi connectivity index (χ0v) is 16.0. The summed E-state index contributed by atoms with van der Waals surface area (Å²) in [5.41, 5.74) is 1.41. The Labute approximate surface area is 159 Å². The highest BCUT2D eigenvalue weighted by molar-refractivity contribution is 7.09. The average Bonchev–Trinajstić information content (AvgIpc) is 3.19. The van der Waals surface area contributed by atoms with Crippen molar-refractivity contribution in [1.82, 2.24) is 10.2 Å². The number of likely N-dealkylation sites (tertiary alicyclic amines) is 1. The van der Waals surface area contributed by atoms with E-state index in [0.717, 1.165) is 32.4 Å². The third kappa shape index (κ3) is 5.66. The largest absolute Gasteiger partial charge is 0.396 e. The van der Waals surface area contributed by atoms with E-state index in [1.807, 2.05) is 11.4 Å².